The number of rotatable bonds is 5. The maximum Gasteiger partial charge on any atom is 0.333 e. The summed E-state index contributed by atoms with van der Waals surface area (Å²) in [6.07, 6.45) is 2.45. The predicted molar refractivity (Wildman–Crippen MR) is 90.5 cm³/mol. The molecule has 0 bridgehead atoms. The van der Waals surface area contributed by atoms with E-state index in [1.54, 1.807) is 30.0 Å². The Kier molecular flexibility index (Phi) is 4.33. The molecule has 5 nitrogen and oxygen atoms in total. The van der Waals surface area contributed by atoms with Gasteiger partial charge in [0.2, 0.25) is 0 Å². The molecule has 0 amide bonds. The van der Waals surface area contributed by atoms with Gasteiger partial charge in [-0.3, -0.25) is 4.79 Å². The van der Waals surface area contributed by atoms with Crippen molar-refractivity contribution in [1.29, 1.82) is 0 Å². The van der Waals surface area contributed by atoms with Crippen LogP contribution in [0, 0.1) is 0 Å². The third-order valence-corrected chi connectivity index (χ3v) is 4.02. The molecule has 5 heteroatoms. The Labute approximate surface area is 139 Å². The van der Waals surface area contributed by atoms with Crippen molar-refractivity contribution < 1.29 is 19.1 Å². The number of esters is 1. The first-order valence-corrected chi connectivity index (χ1v) is 7.46. The van der Waals surface area contributed by atoms with Crippen LogP contribution in [-0.4, -0.2) is 31.0 Å². The third kappa shape index (κ3) is 2.65. The van der Waals surface area contributed by atoms with Gasteiger partial charge in [0, 0.05) is 17.1 Å². The summed E-state index contributed by atoms with van der Waals surface area (Å²) in [5.74, 6) is 0.254. The summed E-state index contributed by atoms with van der Waals surface area (Å²) in [5.41, 5.74) is 2.04. The minimum atomic E-state index is -0.666. The van der Waals surface area contributed by atoms with Crippen molar-refractivity contribution in [3.63, 3.8) is 0 Å². The van der Waals surface area contributed by atoms with E-state index in [1.165, 1.54) is 7.11 Å². The van der Waals surface area contributed by atoms with E-state index in [2.05, 4.69) is 0 Å². The number of carbonyl (C=O) groups is 2. The van der Waals surface area contributed by atoms with Crippen molar-refractivity contribution in [2.45, 2.75) is 6.04 Å². The lowest BCUT2D eigenvalue weighted by atomic mass is 10.1. The molecule has 0 aliphatic heterocycles. The second-order valence-corrected chi connectivity index (χ2v) is 5.33. The number of methoxy groups -OCH3 is 2. The fourth-order valence-corrected chi connectivity index (χ4v) is 2.85. The zero-order valence-corrected chi connectivity index (χ0v) is 13.4. The summed E-state index contributed by atoms with van der Waals surface area (Å²) < 4.78 is 12.0. The highest BCUT2D eigenvalue weighted by Gasteiger charge is 2.25. The molecule has 0 aliphatic rings. The van der Waals surface area contributed by atoms with Gasteiger partial charge in [-0.1, -0.05) is 30.3 Å². The van der Waals surface area contributed by atoms with E-state index in [0.717, 1.165) is 22.8 Å². The average molecular weight is 323 g/mol. The van der Waals surface area contributed by atoms with Gasteiger partial charge in [-0.05, 0) is 23.8 Å². The van der Waals surface area contributed by atoms with Crippen LogP contribution < -0.4 is 4.74 Å². The molecule has 0 saturated carbocycles. The van der Waals surface area contributed by atoms with E-state index in [-0.39, 0.29) is 0 Å². The predicted octanol–water partition coefficient (Wildman–Crippen LogP) is 3.22. The van der Waals surface area contributed by atoms with E-state index in [4.69, 9.17) is 9.47 Å². The summed E-state index contributed by atoms with van der Waals surface area (Å²) >= 11 is 0. The number of hydrogen-bond donors (Lipinski definition) is 0. The Morgan fingerprint density at radius 3 is 2.50 bits per heavy atom. The topological polar surface area (TPSA) is 57.5 Å². The number of aromatic nitrogens is 1. The van der Waals surface area contributed by atoms with Crippen LogP contribution in [0.1, 0.15) is 22.0 Å². The Morgan fingerprint density at radius 1 is 1.12 bits per heavy atom. The molecule has 122 valence electrons. The van der Waals surface area contributed by atoms with Crippen molar-refractivity contribution in [1.82, 2.24) is 4.57 Å². The van der Waals surface area contributed by atoms with Crippen LogP contribution >= 0.6 is 0 Å². The second kappa shape index (κ2) is 6.58. The molecule has 1 atom stereocenters. The Morgan fingerprint density at radius 2 is 1.88 bits per heavy atom. The van der Waals surface area contributed by atoms with Gasteiger partial charge in [0.25, 0.3) is 0 Å². The van der Waals surface area contributed by atoms with Crippen LogP contribution in [0.15, 0.2) is 54.7 Å². The monoisotopic (exact) mass is 323 g/mol. The quantitative estimate of drug-likeness (QED) is 0.534. The van der Waals surface area contributed by atoms with Crippen molar-refractivity contribution in [2.24, 2.45) is 0 Å². The number of nitrogens with zero attached hydrogens (tertiary/aromatic N) is 1. The fraction of sp³-hybridized carbons (Fsp3) is 0.158. The van der Waals surface area contributed by atoms with Gasteiger partial charge in [0.1, 0.15) is 5.75 Å². The van der Waals surface area contributed by atoms with E-state index in [9.17, 15) is 9.59 Å². The van der Waals surface area contributed by atoms with Gasteiger partial charge in [0.05, 0.1) is 19.7 Å². The Balaban J connectivity index is 2.25. The molecule has 0 aliphatic carbocycles. The summed E-state index contributed by atoms with van der Waals surface area (Å²) in [6.45, 7) is 0. The second-order valence-electron chi connectivity index (χ2n) is 5.33. The molecule has 0 N–H and O–H groups in total. The number of hydrogen-bond acceptors (Lipinski definition) is 4. The first-order valence-electron chi connectivity index (χ1n) is 7.46. The molecule has 3 aromatic rings. The zero-order chi connectivity index (χ0) is 17.1. The molecule has 0 saturated heterocycles. The van der Waals surface area contributed by atoms with Gasteiger partial charge in [-0.25, -0.2) is 4.79 Å². The maximum absolute atomic E-state index is 12.4. The molecule has 1 heterocycles. The van der Waals surface area contributed by atoms with Gasteiger partial charge >= 0.3 is 5.97 Å². The van der Waals surface area contributed by atoms with Gasteiger partial charge in [0.15, 0.2) is 12.3 Å². The average Bonchev–Trinajstić information content (AvgIpc) is 3.00. The summed E-state index contributed by atoms with van der Waals surface area (Å²) in [5, 5.41) is 0.731. The number of aldehydes is 1. The number of ether oxygens (including phenoxy) is 2. The molecule has 3 rings (SSSR count). The first-order chi connectivity index (χ1) is 11.7. The highest BCUT2D eigenvalue weighted by molar-refractivity contribution is 5.99. The number of carbonyl (C=O) groups excluding carboxylic acids is 2. The SMILES string of the molecule is COC(=O)C(c1ccccc1)n1cc(C=O)c2cc(OC)ccc21. The van der Waals surface area contributed by atoms with Crippen LogP contribution in [0.2, 0.25) is 0 Å². The van der Waals surface area contributed by atoms with Crippen LogP contribution in [0.5, 0.6) is 5.75 Å². The summed E-state index contributed by atoms with van der Waals surface area (Å²) in [6, 6.07) is 14.1. The van der Waals surface area contributed by atoms with Crippen LogP contribution in [0.3, 0.4) is 0 Å². The maximum atomic E-state index is 12.4. The van der Waals surface area contributed by atoms with Crippen molar-refractivity contribution >= 4 is 23.2 Å². The van der Waals surface area contributed by atoms with E-state index >= 15 is 0 Å². The first kappa shape index (κ1) is 15.8. The van der Waals surface area contributed by atoms with Gasteiger partial charge in [-0.15, -0.1) is 0 Å². The van der Waals surface area contributed by atoms with Crippen molar-refractivity contribution in [3.8, 4) is 5.75 Å². The minimum absolute atomic E-state index is 0.397. The summed E-state index contributed by atoms with van der Waals surface area (Å²) in [7, 11) is 2.92. The van der Waals surface area contributed by atoms with E-state index in [0.29, 0.717) is 11.3 Å². The minimum Gasteiger partial charge on any atom is -0.497 e. The Hall–Kier alpha value is -3.08. The largest absolute Gasteiger partial charge is 0.497 e. The normalized spacial score (nSPS) is 11.9. The van der Waals surface area contributed by atoms with Crippen molar-refractivity contribution in [2.75, 3.05) is 14.2 Å². The van der Waals surface area contributed by atoms with Gasteiger partial charge < -0.3 is 14.0 Å². The lowest BCUT2D eigenvalue weighted by Gasteiger charge is -2.18. The highest BCUT2D eigenvalue weighted by Crippen LogP contribution is 2.30. The van der Waals surface area contributed by atoms with E-state index < -0.39 is 12.0 Å². The molecule has 2 aromatic carbocycles. The molecular formula is C19H17NO4. The molecule has 0 radical (unpaired) electrons. The lowest BCUT2D eigenvalue weighted by molar-refractivity contribution is -0.143. The van der Waals surface area contributed by atoms with Crippen LogP contribution in [0.4, 0.5) is 0 Å². The standard InChI is InChI=1S/C19H17NO4/c1-23-15-8-9-17-16(10-15)14(12-21)11-20(17)18(19(22)24-2)13-6-4-3-5-7-13/h3-12,18H,1-2H3. The molecule has 0 spiro atoms. The van der Waals surface area contributed by atoms with E-state index in [1.807, 2.05) is 36.4 Å². The van der Waals surface area contributed by atoms with Crippen LogP contribution in [0.25, 0.3) is 10.9 Å². The Bertz CT molecular complexity index is 883. The third-order valence-electron chi connectivity index (χ3n) is 4.02. The number of benzene rings is 2. The molecule has 1 unspecified atom stereocenters. The summed E-state index contributed by atoms with van der Waals surface area (Å²) in [4.78, 5) is 23.9. The molecule has 24 heavy (non-hydrogen) atoms. The highest BCUT2D eigenvalue weighted by atomic mass is 16.5. The fourth-order valence-electron chi connectivity index (χ4n) is 2.85. The smallest absolute Gasteiger partial charge is 0.333 e. The molecule has 0 fully saturated rings. The van der Waals surface area contributed by atoms with Crippen molar-refractivity contribution in [3.05, 3.63) is 65.9 Å². The number of fused-ring (bicyclic) bond motifs is 1. The van der Waals surface area contributed by atoms with Crippen LogP contribution in [-0.2, 0) is 9.53 Å². The molecule has 1 aromatic heterocycles. The molecular weight excluding hydrogens is 306 g/mol. The zero-order valence-electron chi connectivity index (χ0n) is 13.4. The lowest BCUT2D eigenvalue weighted by Crippen LogP contribution is -2.21. The van der Waals surface area contributed by atoms with Gasteiger partial charge in [-0.2, -0.15) is 0 Å².